The second-order valence-corrected chi connectivity index (χ2v) is 9.14. The van der Waals surface area contributed by atoms with Crippen molar-refractivity contribution < 1.29 is 13.5 Å². The lowest BCUT2D eigenvalue weighted by Gasteiger charge is -2.25. The second-order valence-electron chi connectivity index (χ2n) is 5.49. The zero-order valence-electron chi connectivity index (χ0n) is 13.2. The number of aliphatic hydroxyl groups excluding tert-OH is 1. The van der Waals surface area contributed by atoms with Crippen LogP contribution in [-0.4, -0.2) is 26.2 Å². The standard InChI is InChI=1S/C15H26ClNO3S2/c1-3-5-6-7-8-12(4-2)13(11-18)17-22(19,20)15-10-9-14(16)21-15/h9-10,12-13,17-18H,3-8,11H2,1-2H3/t12-,13+/m0/s1. The second kappa shape index (κ2) is 9.88. The van der Waals surface area contributed by atoms with Gasteiger partial charge in [0.15, 0.2) is 0 Å². The molecule has 0 aliphatic carbocycles. The number of unbranched alkanes of at least 4 members (excludes halogenated alkanes) is 3. The van der Waals surface area contributed by atoms with Crippen LogP contribution in [0.2, 0.25) is 4.34 Å². The molecule has 1 rings (SSSR count). The van der Waals surface area contributed by atoms with Crippen LogP contribution in [-0.2, 0) is 10.0 Å². The van der Waals surface area contributed by atoms with E-state index < -0.39 is 16.1 Å². The quantitative estimate of drug-likeness (QED) is 0.580. The van der Waals surface area contributed by atoms with E-state index in [0.29, 0.717) is 4.34 Å². The topological polar surface area (TPSA) is 66.4 Å². The predicted molar refractivity (Wildman–Crippen MR) is 93.1 cm³/mol. The molecule has 2 atom stereocenters. The number of nitrogens with one attached hydrogen (secondary N) is 1. The van der Waals surface area contributed by atoms with Crippen molar-refractivity contribution in [1.82, 2.24) is 4.72 Å². The molecule has 0 aliphatic heterocycles. The van der Waals surface area contributed by atoms with Gasteiger partial charge in [-0.3, -0.25) is 0 Å². The Labute approximate surface area is 142 Å². The molecule has 1 aromatic rings. The molecule has 0 unspecified atom stereocenters. The summed E-state index contributed by atoms with van der Waals surface area (Å²) in [6, 6.07) is 2.61. The summed E-state index contributed by atoms with van der Waals surface area (Å²) in [4.78, 5) is 0. The van der Waals surface area contributed by atoms with Crippen LogP contribution in [0.5, 0.6) is 0 Å². The molecule has 0 saturated heterocycles. The third-order valence-electron chi connectivity index (χ3n) is 3.84. The molecule has 0 bridgehead atoms. The Balaban J connectivity index is 2.68. The van der Waals surface area contributed by atoms with Gasteiger partial charge in [-0.15, -0.1) is 11.3 Å². The van der Waals surface area contributed by atoms with Crippen molar-refractivity contribution >= 4 is 33.0 Å². The molecule has 0 aromatic carbocycles. The lowest BCUT2D eigenvalue weighted by Crippen LogP contribution is -2.42. The van der Waals surface area contributed by atoms with Crippen molar-refractivity contribution in [3.8, 4) is 0 Å². The van der Waals surface area contributed by atoms with Crippen LogP contribution in [0.3, 0.4) is 0 Å². The largest absolute Gasteiger partial charge is 0.395 e. The molecule has 7 heteroatoms. The minimum atomic E-state index is -3.62. The highest BCUT2D eigenvalue weighted by Gasteiger charge is 2.26. The van der Waals surface area contributed by atoms with Crippen molar-refractivity contribution in [2.75, 3.05) is 6.61 Å². The molecule has 0 spiro atoms. The molecule has 0 amide bonds. The summed E-state index contributed by atoms with van der Waals surface area (Å²) in [5.74, 6) is 0.145. The van der Waals surface area contributed by atoms with Gasteiger partial charge >= 0.3 is 0 Å². The van der Waals surface area contributed by atoms with E-state index >= 15 is 0 Å². The van der Waals surface area contributed by atoms with Crippen molar-refractivity contribution in [2.45, 2.75) is 62.6 Å². The first kappa shape index (κ1) is 19.9. The number of hydrogen-bond acceptors (Lipinski definition) is 4. The van der Waals surface area contributed by atoms with E-state index in [9.17, 15) is 13.5 Å². The van der Waals surface area contributed by atoms with E-state index in [1.54, 1.807) is 6.07 Å². The van der Waals surface area contributed by atoms with Gasteiger partial charge in [0.1, 0.15) is 4.21 Å². The van der Waals surface area contributed by atoms with E-state index in [0.717, 1.165) is 37.0 Å². The van der Waals surface area contributed by atoms with Crippen LogP contribution in [0.25, 0.3) is 0 Å². The van der Waals surface area contributed by atoms with Gasteiger partial charge in [0, 0.05) is 6.04 Å². The molecule has 4 nitrogen and oxygen atoms in total. The summed E-state index contributed by atoms with van der Waals surface area (Å²) in [6.07, 6.45) is 6.35. The van der Waals surface area contributed by atoms with Crippen molar-refractivity contribution in [3.05, 3.63) is 16.5 Å². The zero-order chi connectivity index (χ0) is 16.6. The minimum Gasteiger partial charge on any atom is -0.395 e. The van der Waals surface area contributed by atoms with E-state index in [2.05, 4.69) is 11.6 Å². The Kier molecular flexibility index (Phi) is 8.94. The first-order valence-electron chi connectivity index (χ1n) is 7.83. The molecule has 128 valence electrons. The third-order valence-corrected chi connectivity index (χ3v) is 7.05. The molecule has 0 radical (unpaired) electrons. The highest BCUT2D eigenvalue weighted by atomic mass is 35.5. The Morgan fingerprint density at radius 1 is 1.27 bits per heavy atom. The van der Waals surface area contributed by atoms with Gasteiger partial charge in [0.05, 0.1) is 10.9 Å². The van der Waals surface area contributed by atoms with Crippen molar-refractivity contribution in [2.24, 2.45) is 5.92 Å². The van der Waals surface area contributed by atoms with E-state index in [-0.39, 0.29) is 16.7 Å². The maximum Gasteiger partial charge on any atom is 0.250 e. The van der Waals surface area contributed by atoms with Gasteiger partial charge in [0.25, 0.3) is 0 Å². The molecule has 22 heavy (non-hydrogen) atoms. The number of halogens is 1. The predicted octanol–water partition coefficient (Wildman–Crippen LogP) is 4.04. The molecular weight excluding hydrogens is 342 g/mol. The SMILES string of the molecule is CCCCCC[C@H](CC)[C@@H](CO)NS(=O)(=O)c1ccc(Cl)s1. The van der Waals surface area contributed by atoms with Crippen molar-refractivity contribution in [1.29, 1.82) is 0 Å². The number of sulfonamides is 1. The van der Waals surface area contributed by atoms with Gasteiger partial charge < -0.3 is 5.11 Å². The Morgan fingerprint density at radius 3 is 2.50 bits per heavy atom. The lowest BCUT2D eigenvalue weighted by atomic mass is 9.92. The highest BCUT2D eigenvalue weighted by molar-refractivity contribution is 7.91. The average molecular weight is 368 g/mol. The fourth-order valence-corrected chi connectivity index (χ4v) is 5.30. The molecule has 2 N–H and O–H groups in total. The van der Waals surface area contributed by atoms with Gasteiger partial charge in [-0.1, -0.05) is 57.6 Å². The van der Waals surface area contributed by atoms with Gasteiger partial charge in [0.2, 0.25) is 10.0 Å². The minimum absolute atomic E-state index is 0.145. The molecular formula is C15H26ClNO3S2. The Bertz CT molecular complexity index is 531. The van der Waals surface area contributed by atoms with Crippen molar-refractivity contribution in [3.63, 3.8) is 0 Å². The first-order valence-corrected chi connectivity index (χ1v) is 10.5. The van der Waals surface area contributed by atoms with Crippen LogP contribution in [0, 0.1) is 5.92 Å². The molecule has 1 heterocycles. The van der Waals surface area contributed by atoms with Crippen LogP contribution >= 0.6 is 22.9 Å². The molecule has 0 aliphatic rings. The summed E-state index contributed by atoms with van der Waals surface area (Å²) in [5.41, 5.74) is 0. The van der Waals surface area contributed by atoms with Gasteiger partial charge in [-0.05, 0) is 24.5 Å². The summed E-state index contributed by atoms with van der Waals surface area (Å²) < 4.78 is 27.9. The molecule has 0 saturated carbocycles. The summed E-state index contributed by atoms with van der Waals surface area (Å²) in [5, 5.41) is 9.60. The number of aliphatic hydroxyl groups is 1. The first-order chi connectivity index (χ1) is 10.4. The zero-order valence-corrected chi connectivity index (χ0v) is 15.6. The number of hydrogen-bond donors (Lipinski definition) is 2. The Hall–Kier alpha value is -0.140. The van der Waals surface area contributed by atoms with Crippen LogP contribution in [0.15, 0.2) is 16.3 Å². The van der Waals surface area contributed by atoms with Crippen LogP contribution in [0.4, 0.5) is 0 Å². The smallest absolute Gasteiger partial charge is 0.250 e. The average Bonchev–Trinajstić information content (AvgIpc) is 2.93. The Morgan fingerprint density at radius 2 is 2.00 bits per heavy atom. The summed E-state index contributed by atoms with van der Waals surface area (Å²) in [7, 11) is -3.62. The van der Waals surface area contributed by atoms with E-state index in [1.807, 2.05) is 6.92 Å². The fourth-order valence-electron chi connectivity index (χ4n) is 2.51. The summed E-state index contributed by atoms with van der Waals surface area (Å²) in [6.45, 7) is 4.00. The van der Waals surface area contributed by atoms with E-state index in [4.69, 9.17) is 11.6 Å². The van der Waals surface area contributed by atoms with E-state index in [1.165, 1.54) is 18.9 Å². The number of rotatable bonds is 11. The molecule has 1 aromatic heterocycles. The summed E-state index contributed by atoms with van der Waals surface area (Å²) >= 11 is 6.83. The van der Waals surface area contributed by atoms with Gasteiger partial charge in [-0.2, -0.15) is 0 Å². The van der Waals surface area contributed by atoms with Crippen LogP contribution in [0.1, 0.15) is 52.4 Å². The monoisotopic (exact) mass is 367 g/mol. The number of thiophene rings is 1. The van der Waals surface area contributed by atoms with Gasteiger partial charge in [-0.25, -0.2) is 13.1 Å². The fraction of sp³-hybridized carbons (Fsp3) is 0.733. The normalized spacial score (nSPS) is 14.9. The molecule has 0 fully saturated rings. The third kappa shape index (κ3) is 6.16. The maximum absolute atomic E-state index is 12.3. The lowest BCUT2D eigenvalue weighted by molar-refractivity contribution is 0.203. The maximum atomic E-state index is 12.3. The van der Waals surface area contributed by atoms with Crippen LogP contribution < -0.4 is 4.72 Å². The highest BCUT2D eigenvalue weighted by Crippen LogP contribution is 2.27.